The van der Waals surface area contributed by atoms with Gasteiger partial charge in [-0.1, -0.05) is 6.07 Å². The van der Waals surface area contributed by atoms with Crippen LogP contribution in [-0.4, -0.2) is 24.5 Å². The Labute approximate surface area is 157 Å². The maximum absolute atomic E-state index is 14.5. The van der Waals surface area contributed by atoms with Crippen LogP contribution in [0.2, 0.25) is 0 Å². The number of nitrogens with zero attached hydrogens (tertiary/aromatic N) is 5. The number of rotatable bonds is 5. The first-order chi connectivity index (χ1) is 13.4. The summed E-state index contributed by atoms with van der Waals surface area (Å²) in [4.78, 5) is 3.88. The molecule has 0 bridgehead atoms. The number of fused-ring (bicyclic) bond motifs is 1. The minimum Gasteiger partial charge on any atom is -0.258 e. The number of aromatic nitrogens is 5. The standard InChI is InChI=1S/C19H15F4N5/c1-11(28-18-5-3-12(20)6-15(18)19(23)26-28)16(8-27-10-24-9-25-27)14-4-2-13(21)7-17(14)22/h2-7,9-11,16H,8H2,1H3/t11-,16-/m1/s1. The molecular weight excluding hydrogens is 374 g/mol. The van der Waals surface area contributed by atoms with E-state index in [1.807, 2.05) is 0 Å². The molecule has 28 heavy (non-hydrogen) atoms. The predicted molar refractivity (Wildman–Crippen MR) is 93.5 cm³/mol. The summed E-state index contributed by atoms with van der Waals surface area (Å²) in [6, 6.07) is 6.45. The van der Waals surface area contributed by atoms with Gasteiger partial charge in [-0.3, -0.25) is 9.36 Å². The van der Waals surface area contributed by atoms with E-state index in [0.717, 1.165) is 18.2 Å². The fourth-order valence-electron chi connectivity index (χ4n) is 3.40. The number of benzene rings is 2. The maximum atomic E-state index is 14.5. The second-order valence-electron chi connectivity index (χ2n) is 6.53. The first kappa shape index (κ1) is 18.1. The van der Waals surface area contributed by atoms with Crippen molar-refractivity contribution in [3.05, 3.63) is 78.0 Å². The summed E-state index contributed by atoms with van der Waals surface area (Å²) < 4.78 is 58.6. The first-order valence-corrected chi connectivity index (χ1v) is 8.54. The zero-order valence-corrected chi connectivity index (χ0v) is 14.7. The van der Waals surface area contributed by atoms with E-state index < -0.39 is 35.4 Å². The van der Waals surface area contributed by atoms with Gasteiger partial charge in [-0.05, 0) is 36.8 Å². The van der Waals surface area contributed by atoms with Crippen LogP contribution in [0, 0.1) is 23.4 Å². The Morgan fingerprint density at radius 2 is 1.75 bits per heavy atom. The fourth-order valence-corrected chi connectivity index (χ4v) is 3.40. The normalized spacial score (nSPS) is 13.8. The van der Waals surface area contributed by atoms with Crippen molar-refractivity contribution in [2.75, 3.05) is 0 Å². The molecule has 4 rings (SSSR count). The maximum Gasteiger partial charge on any atom is 0.240 e. The fraction of sp³-hybridized carbons (Fsp3) is 0.211. The molecule has 0 saturated carbocycles. The molecule has 0 N–H and O–H groups in total. The molecule has 2 aromatic carbocycles. The highest BCUT2D eigenvalue weighted by Crippen LogP contribution is 2.34. The molecule has 0 aliphatic heterocycles. The van der Waals surface area contributed by atoms with Gasteiger partial charge in [-0.25, -0.2) is 18.2 Å². The number of hydrogen-bond acceptors (Lipinski definition) is 3. The highest BCUT2D eigenvalue weighted by Gasteiger charge is 2.28. The molecule has 0 spiro atoms. The second kappa shape index (κ2) is 7.06. The summed E-state index contributed by atoms with van der Waals surface area (Å²) in [6.45, 7) is 1.94. The van der Waals surface area contributed by atoms with Gasteiger partial charge >= 0.3 is 0 Å². The SMILES string of the molecule is C[C@H]([C@@H](Cn1cncn1)c1ccc(F)cc1F)n1nc(F)c2cc(F)ccc21. The van der Waals surface area contributed by atoms with Crippen LogP contribution in [0.25, 0.3) is 10.9 Å². The lowest BCUT2D eigenvalue weighted by Crippen LogP contribution is -2.22. The van der Waals surface area contributed by atoms with E-state index in [4.69, 9.17) is 0 Å². The van der Waals surface area contributed by atoms with E-state index in [0.29, 0.717) is 5.52 Å². The number of hydrogen-bond donors (Lipinski definition) is 0. The Morgan fingerprint density at radius 3 is 2.46 bits per heavy atom. The van der Waals surface area contributed by atoms with Gasteiger partial charge in [0.25, 0.3) is 0 Å². The third kappa shape index (κ3) is 3.23. The monoisotopic (exact) mass is 389 g/mol. The minimum atomic E-state index is -0.819. The summed E-state index contributed by atoms with van der Waals surface area (Å²) in [7, 11) is 0. The molecule has 0 aliphatic carbocycles. The van der Waals surface area contributed by atoms with Gasteiger partial charge in [0.2, 0.25) is 5.95 Å². The van der Waals surface area contributed by atoms with Crippen molar-refractivity contribution in [3.8, 4) is 0 Å². The molecule has 0 unspecified atom stereocenters. The van der Waals surface area contributed by atoms with E-state index in [9.17, 15) is 17.6 Å². The van der Waals surface area contributed by atoms with Crippen LogP contribution in [0.5, 0.6) is 0 Å². The van der Waals surface area contributed by atoms with Crippen LogP contribution in [0.3, 0.4) is 0 Å². The van der Waals surface area contributed by atoms with E-state index >= 15 is 0 Å². The highest BCUT2D eigenvalue weighted by atomic mass is 19.1. The molecule has 2 atom stereocenters. The van der Waals surface area contributed by atoms with Gasteiger partial charge in [0.1, 0.15) is 30.1 Å². The molecule has 144 valence electrons. The number of halogens is 4. The third-order valence-electron chi connectivity index (χ3n) is 4.80. The van der Waals surface area contributed by atoms with Crippen LogP contribution < -0.4 is 0 Å². The van der Waals surface area contributed by atoms with Crippen molar-refractivity contribution in [3.63, 3.8) is 0 Å². The van der Waals surface area contributed by atoms with Crippen molar-refractivity contribution in [1.29, 1.82) is 0 Å². The van der Waals surface area contributed by atoms with E-state index in [2.05, 4.69) is 15.2 Å². The zero-order valence-electron chi connectivity index (χ0n) is 14.7. The van der Waals surface area contributed by atoms with Gasteiger partial charge in [0.15, 0.2) is 0 Å². The molecule has 0 amide bonds. The molecule has 5 nitrogen and oxygen atoms in total. The van der Waals surface area contributed by atoms with Crippen LogP contribution in [0.15, 0.2) is 49.1 Å². The average molecular weight is 389 g/mol. The second-order valence-corrected chi connectivity index (χ2v) is 6.53. The van der Waals surface area contributed by atoms with Gasteiger partial charge in [-0.2, -0.15) is 9.49 Å². The molecular formula is C19H15F4N5. The lowest BCUT2D eigenvalue weighted by atomic mass is 9.91. The summed E-state index contributed by atoms with van der Waals surface area (Å²) in [5.74, 6) is -3.39. The molecule has 0 fully saturated rings. The van der Waals surface area contributed by atoms with Crippen molar-refractivity contribution < 1.29 is 17.6 Å². The lowest BCUT2D eigenvalue weighted by molar-refractivity contribution is 0.349. The zero-order chi connectivity index (χ0) is 19.8. The van der Waals surface area contributed by atoms with Crippen LogP contribution >= 0.6 is 0 Å². The largest absolute Gasteiger partial charge is 0.258 e. The van der Waals surface area contributed by atoms with Crippen molar-refractivity contribution >= 4 is 10.9 Å². The average Bonchev–Trinajstić information content (AvgIpc) is 3.28. The highest BCUT2D eigenvalue weighted by molar-refractivity contribution is 5.79. The van der Waals surface area contributed by atoms with Crippen molar-refractivity contribution in [1.82, 2.24) is 24.5 Å². The molecule has 2 heterocycles. The summed E-state index contributed by atoms with van der Waals surface area (Å²) in [5, 5.41) is 7.97. The Kier molecular flexibility index (Phi) is 4.58. The van der Waals surface area contributed by atoms with E-state index in [1.54, 1.807) is 6.92 Å². The van der Waals surface area contributed by atoms with Crippen LogP contribution in [0.4, 0.5) is 17.6 Å². The van der Waals surface area contributed by atoms with E-state index in [1.165, 1.54) is 40.2 Å². The predicted octanol–water partition coefficient (Wildman–Crippen LogP) is 4.23. The summed E-state index contributed by atoms with van der Waals surface area (Å²) in [5.41, 5.74) is 0.605. The van der Waals surface area contributed by atoms with Gasteiger partial charge in [-0.15, -0.1) is 5.10 Å². The van der Waals surface area contributed by atoms with Crippen LogP contribution in [-0.2, 0) is 6.54 Å². The molecule has 9 heteroatoms. The minimum absolute atomic E-state index is 0.0333. The van der Waals surface area contributed by atoms with Crippen molar-refractivity contribution in [2.24, 2.45) is 0 Å². The van der Waals surface area contributed by atoms with Gasteiger partial charge in [0.05, 0.1) is 23.5 Å². The molecule has 0 radical (unpaired) electrons. The Bertz CT molecular complexity index is 1120. The van der Waals surface area contributed by atoms with Crippen LogP contribution in [0.1, 0.15) is 24.4 Å². The molecule has 4 aromatic rings. The first-order valence-electron chi connectivity index (χ1n) is 8.54. The third-order valence-corrected chi connectivity index (χ3v) is 4.80. The molecule has 0 aliphatic rings. The Hall–Kier alpha value is -3.23. The Balaban J connectivity index is 1.82. The quantitative estimate of drug-likeness (QED) is 0.480. The Morgan fingerprint density at radius 1 is 1.00 bits per heavy atom. The van der Waals surface area contributed by atoms with Gasteiger partial charge < -0.3 is 0 Å². The summed E-state index contributed by atoms with van der Waals surface area (Å²) in [6.07, 6.45) is 2.81. The summed E-state index contributed by atoms with van der Waals surface area (Å²) >= 11 is 0. The smallest absolute Gasteiger partial charge is 0.240 e. The topological polar surface area (TPSA) is 48.5 Å². The van der Waals surface area contributed by atoms with E-state index in [-0.39, 0.29) is 17.5 Å². The van der Waals surface area contributed by atoms with Crippen molar-refractivity contribution in [2.45, 2.75) is 25.4 Å². The van der Waals surface area contributed by atoms with Gasteiger partial charge in [0, 0.05) is 12.0 Å². The molecule has 0 saturated heterocycles. The molecule has 2 aromatic heterocycles. The lowest BCUT2D eigenvalue weighted by Gasteiger charge is -2.25.